The lowest BCUT2D eigenvalue weighted by atomic mass is 9.73. The number of nitrogens with one attached hydrogen (secondary N) is 1. The smallest absolute Gasteiger partial charge is 0.223 e. The highest BCUT2D eigenvalue weighted by molar-refractivity contribution is 5.80. The molecule has 0 aromatic rings. The van der Waals surface area contributed by atoms with E-state index in [-0.39, 0.29) is 11.3 Å². The minimum absolute atomic E-state index is 0.153. The SMILES string of the molecule is CCOCCNC1CCC(C)(C(N)=O)CC1. The highest BCUT2D eigenvalue weighted by Crippen LogP contribution is 2.35. The van der Waals surface area contributed by atoms with Crippen LogP contribution in [0.3, 0.4) is 0 Å². The van der Waals surface area contributed by atoms with Crippen LogP contribution in [-0.4, -0.2) is 31.7 Å². The predicted molar refractivity (Wildman–Crippen MR) is 64.1 cm³/mol. The number of carbonyl (C=O) groups is 1. The van der Waals surface area contributed by atoms with Gasteiger partial charge in [0.15, 0.2) is 0 Å². The van der Waals surface area contributed by atoms with Crippen molar-refractivity contribution in [2.45, 2.75) is 45.6 Å². The van der Waals surface area contributed by atoms with Gasteiger partial charge in [0.05, 0.1) is 6.61 Å². The first-order chi connectivity index (χ1) is 7.58. The summed E-state index contributed by atoms with van der Waals surface area (Å²) in [6, 6.07) is 0.521. The molecule has 3 N–H and O–H groups in total. The van der Waals surface area contributed by atoms with Gasteiger partial charge >= 0.3 is 0 Å². The number of ether oxygens (including phenoxy) is 1. The summed E-state index contributed by atoms with van der Waals surface area (Å²) in [5.74, 6) is -0.153. The molecule has 1 aliphatic rings. The molecule has 16 heavy (non-hydrogen) atoms. The molecule has 4 heteroatoms. The maximum atomic E-state index is 11.3. The fourth-order valence-electron chi connectivity index (χ4n) is 2.19. The van der Waals surface area contributed by atoms with E-state index in [9.17, 15) is 4.79 Å². The van der Waals surface area contributed by atoms with E-state index in [4.69, 9.17) is 10.5 Å². The molecule has 0 saturated heterocycles. The van der Waals surface area contributed by atoms with Gasteiger partial charge in [-0.05, 0) is 32.6 Å². The van der Waals surface area contributed by atoms with E-state index in [2.05, 4.69) is 5.32 Å². The number of carbonyl (C=O) groups excluding carboxylic acids is 1. The van der Waals surface area contributed by atoms with Crippen molar-refractivity contribution in [3.63, 3.8) is 0 Å². The zero-order valence-electron chi connectivity index (χ0n) is 10.4. The molecule has 1 saturated carbocycles. The van der Waals surface area contributed by atoms with E-state index in [1.54, 1.807) is 0 Å². The summed E-state index contributed by atoms with van der Waals surface area (Å²) in [7, 11) is 0. The molecule has 1 rings (SSSR count). The van der Waals surface area contributed by atoms with Gasteiger partial charge in [-0.15, -0.1) is 0 Å². The molecule has 0 aromatic carbocycles. The van der Waals surface area contributed by atoms with Crippen LogP contribution in [0.5, 0.6) is 0 Å². The van der Waals surface area contributed by atoms with Crippen molar-refractivity contribution < 1.29 is 9.53 Å². The van der Waals surface area contributed by atoms with Crippen molar-refractivity contribution in [3.8, 4) is 0 Å². The Hall–Kier alpha value is -0.610. The maximum absolute atomic E-state index is 11.3. The molecule has 0 atom stereocenters. The lowest BCUT2D eigenvalue weighted by Crippen LogP contribution is -2.43. The summed E-state index contributed by atoms with van der Waals surface area (Å²) in [5, 5.41) is 3.46. The fourth-order valence-corrected chi connectivity index (χ4v) is 2.19. The highest BCUT2D eigenvalue weighted by Gasteiger charge is 2.35. The molecule has 4 nitrogen and oxygen atoms in total. The summed E-state index contributed by atoms with van der Waals surface area (Å²) in [6.07, 6.45) is 3.86. The van der Waals surface area contributed by atoms with Crippen LogP contribution in [0.1, 0.15) is 39.5 Å². The lowest BCUT2D eigenvalue weighted by Gasteiger charge is -2.35. The maximum Gasteiger partial charge on any atom is 0.223 e. The number of amides is 1. The average Bonchev–Trinajstić information content (AvgIpc) is 2.27. The van der Waals surface area contributed by atoms with Crippen molar-refractivity contribution in [1.82, 2.24) is 5.32 Å². The summed E-state index contributed by atoms with van der Waals surface area (Å²) < 4.78 is 5.27. The van der Waals surface area contributed by atoms with Gasteiger partial charge in [0, 0.05) is 24.6 Å². The number of hydrogen-bond donors (Lipinski definition) is 2. The van der Waals surface area contributed by atoms with Crippen LogP contribution in [0.2, 0.25) is 0 Å². The molecular weight excluding hydrogens is 204 g/mol. The van der Waals surface area contributed by atoms with Crippen LogP contribution in [0.15, 0.2) is 0 Å². The van der Waals surface area contributed by atoms with Crippen molar-refractivity contribution in [2.75, 3.05) is 19.8 Å². The van der Waals surface area contributed by atoms with Crippen LogP contribution in [0.25, 0.3) is 0 Å². The molecular formula is C12H24N2O2. The second kappa shape index (κ2) is 6.21. The molecule has 0 unspecified atom stereocenters. The van der Waals surface area contributed by atoms with E-state index in [0.717, 1.165) is 45.4 Å². The van der Waals surface area contributed by atoms with Gasteiger partial charge in [-0.2, -0.15) is 0 Å². The van der Waals surface area contributed by atoms with Gasteiger partial charge in [0.25, 0.3) is 0 Å². The monoisotopic (exact) mass is 228 g/mol. The van der Waals surface area contributed by atoms with Crippen molar-refractivity contribution in [2.24, 2.45) is 11.1 Å². The third kappa shape index (κ3) is 3.76. The third-order valence-corrected chi connectivity index (χ3v) is 3.57. The number of rotatable bonds is 6. The summed E-state index contributed by atoms with van der Waals surface area (Å²) >= 11 is 0. The predicted octanol–water partition coefficient (Wildman–Crippen LogP) is 1.05. The van der Waals surface area contributed by atoms with Gasteiger partial charge < -0.3 is 15.8 Å². The molecule has 0 bridgehead atoms. The van der Waals surface area contributed by atoms with Crippen LogP contribution in [0.4, 0.5) is 0 Å². The van der Waals surface area contributed by atoms with Crippen LogP contribution in [-0.2, 0) is 9.53 Å². The summed E-state index contributed by atoms with van der Waals surface area (Å²) in [6.45, 7) is 6.41. The average molecular weight is 228 g/mol. The largest absolute Gasteiger partial charge is 0.380 e. The Morgan fingerprint density at radius 3 is 2.62 bits per heavy atom. The van der Waals surface area contributed by atoms with Crippen LogP contribution >= 0.6 is 0 Å². The number of hydrogen-bond acceptors (Lipinski definition) is 3. The van der Waals surface area contributed by atoms with Crippen LogP contribution in [0, 0.1) is 5.41 Å². The molecule has 94 valence electrons. The minimum Gasteiger partial charge on any atom is -0.380 e. The van der Waals surface area contributed by atoms with E-state index in [1.807, 2.05) is 13.8 Å². The van der Waals surface area contributed by atoms with E-state index in [1.165, 1.54) is 0 Å². The molecule has 0 aliphatic heterocycles. The molecule has 1 fully saturated rings. The molecule has 1 amide bonds. The normalized spacial score (nSPS) is 30.2. The van der Waals surface area contributed by atoms with E-state index in [0.29, 0.717) is 6.04 Å². The Morgan fingerprint density at radius 1 is 1.50 bits per heavy atom. The Balaban J connectivity index is 2.19. The molecule has 0 aromatic heterocycles. The van der Waals surface area contributed by atoms with Gasteiger partial charge in [-0.1, -0.05) is 6.92 Å². The standard InChI is InChI=1S/C12H24N2O2/c1-3-16-9-8-14-10-4-6-12(2,7-5-10)11(13)15/h10,14H,3-9H2,1-2H3,(H2,13,15). The van der Waals surface area contributed by atoms with Crippen molar-refractivity contribution in [3.05, 3.63) is 0 Å². The van der Waals surface area contributed by atoms with Crippen LogP contribution < -0.4 is 11.1 Å². The Bertz CT molecular complexity index is 223. The first-order valence-electron chi connectivity index (χ1n) is 6.19. The Morgan fingerprint density at radius 2 is 2.12 bits per heavy atom. The Labute approximate surface area is 97.9 Å². The van der Waals surface area contributed by atoms with Gasteiger partial charge in [-0.3, -0.25) is 4.79 Å². The minimum atomic E-state index is -0.280. The second-order valence-electron chi connectivity index (χ2n) is 4.85. The zero-order valence-corrected chi connectivity index (χ0v) is 10.4. The van der Waals surface area contributed by atoms with E-state index < -0.39 is 0 Å². The second-order valence-corrected chi connectivity index (χ2v) is 4.85. The topological polar surface area (TPSA) is 64.3 Å². The molecule has 0 heterocycles. The van der Waals surface area contributed by atoms with Crippen molar-refractivity contribution >= 4 is 5.91 Å². The Kier molecular flexibility index (Phi) is 5.22. The third-order valence-electron chi connectivity index (χ3n) is 3.57. The summed E-state index contributed by atoms with van der Waals surface area (Å²) in [4.78, 5) is 11.3. The number of nitrogens with two attached hydrogens (primary N) is 1. The molecule has 0 radical (unpaired) electrons. The van der Waals surface area contributed by atoms with Crippen molar-refractivity contribution in [1.29, 1.82) is 0 Å². The van der Waals surface area contributed by atoms with Gasteiger partial charge in [-0.25, -0.2) is 0 Å². The zero-order chi connectivity index (χ0) is 12.0. The lowest BCUT2D eigenvalue weighted by molar-refractivity contribution is -0.128. The molecule has 1 aliphatic carbocycles. The summed E-state index contributed by atoms with van der Waals surface area (Å²) in [5.41, 5.74) is 5.13. The number of primary amides is 1. The van der Waals surface area contributed by atoms with E-state index >= 15 is 0 Å². The van der Waals surface area contributed by atoms with Gasteiger partial charge in [0.2, 0.25) is 5.91 Å². The molecule has 0 spiro atoms. The first-order valence-corrected chi connectivity index (χ1v) is 6.19. The quantitative estimate of drug-likeness (QED) is 0.668. The van der Waals surface area contributed by atoms with Gasteiger partial charge in [0.1, 0.15) is 0 Å². The highest BCUT2D eigenvalue weighted by atomic mass is 16.5. The first kappa shape index (κ1) is 13.5. The fraction of sp³-hybridized carbons (Fsp3) is 0.917.